The van der Waals surface area contributed by atoms with Crippen LogP contribution in [0.25, 0.3) is 0 Å². The van der Waals surface area contributed by atoms with Gasteiger partial charge in [-0.3, -0.25) is 0 Å². The van der Waals surface area contributed by atoms with E-state index < -0.39 is 0 Å². The molecule has 1 aromatic carbocycles. The predicted octanol–water partition coefficient (Wildman–Crippen LogP) is 3.75. The molecule has 1 unspecified atom stereocenters. The van der Waals surface area contributed by atoms with Gasteiger partial charge in [0.05, 0.1) is 6.26 Å². The molecule has 0 aliphatic heterocycles. The first kappa shape index (κ1) is 10.8. The van der Waals surface area contributed by atoms with Crippen LogP contribution in [0.1, 0.15) is 35.3 Å². The number of aryl methyl sites for hydroxylation is 2. The molecule has 1 atom stereocenters. The van der Waals surface area contributed by atoms with Gasteiger partial charge in [-0.2, -0.15) is 0 Å². The highest BCUT2D eigenvalue weighted by atomic mass is 16.3. The van der Waals surface area contributed by atoms with E-state index in [1.165, 1.54) is 5.56 Å². The van der Waals surface area contributed by atoms with Crippen molar-refractivity contribution in [3.8, 4) is 5.75 Å². The molecule has 84 valence electrons. The van der Waals surface area contributed by atoms with Crippen LogP contribution in [0, 0.1) is 13.8 Å². The monoisotopic (exact) mass is 216 g/mol. The summed E-state index contributed by atoms with van der Waals surface area (Å²) in [7, 11) is 0. The van der Waals surface area contributed by atoms with Gasteiger partial charge in [-0.05, 0) is 42.7 Å². The van der Waals surface area contributed by atoms with Gasteiger partial charge < -0.3 is 9.52 Å². The van der Waals surface area contributed by atoms with Crippen LogP contribution < -0.4 is 0 Å². The third-order valence-corrected chi connectivity index (χ3v) is 2.98. The van der Waals surface area contributed by atoms with Gasteiger partial charge >= 0.3 is 0 Å². The molecule has 1 heterocycles. The highest BCUT2D eigenvalue weighted by Crippen LogP contribution is 2.30. The Balaban J connectivity index is 2.42. The molecule has 0 saturated carbocycles. The summed E-state index contributed by atoms with van der Waals surface area (Å²) in [6.07, 6.45) is 1.69. The summed E-state index contributed by atoms with van der Waals surface area (Å²) >= 11 is 0. The van der Waals surface area contributed by atoms with Gasteiger partial charge in [-0.1, -0.05) is 19.1 Å². The summed E-state index contributed by atoms with van der Waals surface area (Å²) in [5.74, 6) is 1.55. The van der Waals surface area contributed by atoms with E-state index in [9.17, 15) is 5.11 Å². The van der Waals surface area contributed by atoms with Crippen molar-refractivity contribution < 1.29 is 9.52 Å². The summed E-state index contributed by atoms with van der Waals surface area (Å²) in [6.45, 7) is 5.94. The van der Waals surface area contributed by atoms with Crippen LogP contribution in [0.5, 0.6) is 5.75 Å². The minimum absolute atomic E-state index is 0.216. The summed E-state index contributed by atoms with van der Waals surface area (Å²) in [6, 6.07) is 7.89. The van der Waals surface area contributed by atoms with Gasteiger partial charge in [-0.15, -0.1) is 0 Å². The maximum absolute atomic E-state index is 9.72. The molecule has 2 aromatic rings. The van der Waals surface area contributed by atoms with Crippen molar-refractivity contribution >= 4 is 0 Å². The number of hydrogen-bond acceptors (Lipinski definition) is 2. The first-order valence-corrected chi connectivity index (χ1v) is 5.43. The summed E-state index contributed by atoms with van der Waals surface area (Å²) in [5.41, 5.74) is 2.99. The van der Waals surface area contributed by atoms with Crippen LogP contribution in [0.3, 0.4) is 0 Å². The standard InChI is InChI=1S/C14H16O2/c1-9-7-12(8-10(2)14(9)15)11(3)13-5-4-6-16-13/h4-8,11,15H,1-3H3. The lowest BCUT2D eigenvalue weighted by atomic mass is 9.94. The Morgan fingerprint density at radius 2 is 1.81 bits per heavy atom. The van der Waals surface area contributed by atoms with Gasteiger partial charge in [0.1, 0.15) is 11.5 Å². The highest BCUT2D eigenvalue weighted by molar-refractivity contribution is 5.44. The van der Waals surface area contributed by atoms with Crippen LogP contribution in [0.15, 0.2) is 34.9 Å². The van der Waals surface area contributed by atoms with E-state index in [1.54, 1.807) is 6.26 Å². The molecule has 1 aromatic heterocycles. The molecule has 0 aliphatic carbocycles. The average Bonchev–Trinajstić information content (AvgIpc) is 2.77. The zero-order valence-corrected chi connectivity index (χ0v) is 9.82. The molecule has 0 bridgehead atoms. The molecule has 0 saturated heterocycles. The minimum Gasteiger partial charge on any atom is -0.507 e. The third kappa shape index (κ3) is 1.83. The van der Waals surface area contributed by atoms with Gasteiger partial charge in [0.25, 0.3) is 0 Å². The number of benzene rings is 1. The topological polar surface area (TPSA) is 33.4 Å². The average molecular weight is 216 g/mol. The van der Waals surface area contributed by atoms with Crippen LogP contribution >= 0.6 is 0 Å². The van der Waals surface area contributed by atoms with Crippen molar-refractivity contribution in [1.82, 2.24) is 0 Å². The fraction of sp³-hybridized carbons (Fsp3) is 0.286. The highest BCUT2D eigenvalue weighted by Gasteiger charge is 2.13. The zero-order chi connectivity index (χ0) is 11.7. The van der Waals surface area contributed by atoms with Crippen molar-refractivity contribution in [3.63, 3.8) is 0 Å². The fourth-order valence-electron chi connectivity index (χ4n) is 1.94. The fourth-order valence-corrected chi connectivity index (χ4v) is 1.94. The molecule has 0 fully saturated rings. The van der Waals surface area contributed by atoms with Crippen molar-refractivity contribution in [2.24, 2.45) is 0 Å². The first-order chi connectivity index (χ1) is 7.59. The predicted molar refractivity (Wildman–Crippen MR) is 63.8 cm³/mol. The smallest absolute Gasteiger partial charge is 0.121 e. The number of furan rings is 1. The number of aromatic hydroxyl groups is 1. The Labute approximate surface area is 95.5 Å². The summed E-state index contributed by atoms with van der Waals surface area (Å²) in [4.78, 5) is 0. The van der Waals surface area contributed by atoms with E-state index in [0.29, 0.717) is 5.75 Å². The molecule has 0 amide bonds. The Bertz CT molecular complexity index is 460. The Kier molecular flexibility index (Phi) is 2.73. The Hall–Kier alpha value is -1.70. The number of rotatable bonds is 2. The molecule has 16 heavy (non-hydrogen) atoms. The summed E-state index contributed by atoms with van der Waals surface area (Å²) < 4.78 is 5.40. The lowest BCUT2D eigenvalue weighted by molar-refractivity contribution is 0.465. The zero-order valence-electron chi connectivity index (χ0n) is 9.82. The first-order valence-electron chi connectivity index (χ1n) is 5.43. The van der Waals surface area contributed by atoms with Crippen LogP contribution in [0.2, 0.25) is 0 Å². The van der Waals surface area contributed by atoms with Crippen LogP contribution in [0.4, 0.5) is 0 Å². The van der Waals surface area contributed by atoms with Crippen LogP contribution in [-0.2, 0) is 0 Å². The summed E-state index contributed by atoms with van der Waals surface area (Å²) in [5, 5.41) is 9.72. The van der Waals surface area contributed by atoms with E-state index in [1.807, 2.05) is 38.1 Å². The van der Waals surface area contributed by atoms with E-state index in [2.05, 4.69) is 6.92 Å². The lowest BCUT2D eigenvalue weighted by Gasteiger charge is -2.12. The minimum atomic E-state index is 0.216. The number of phenols is 1. The lowest BCUT2D eigenvalue weighted by Crippen LogP contribution is -1.96. The van der Waals surface area contributed by atoms with Gasteiger partial charge in [0.15, 0.2) is 0 Å². The van der Waals surface area contributed by atoms with Crippen molar-refractivity contribution in [2.45, 2.75) is 26.7 Å². The quantitative estimate of drug-likeness (QED) is 0.829. The molecule has 2 heteroatoms. The van der Waals surface area contributed by atoms with E-state index in [0.717, 1.165) is 16.9 Å². The second-order valence-electron chi connectivity index (χ2n) is 4.24. The third-order valence-electron chi connectivity index (χ3n) is 2.98. The van der Waals surface area contributed by atoms with Crippen molar-refractivity contribution in [1.29, 1.82) is 0 Å². The molecule has 1 N–H and O–H groups in total. The van der Waals surface area contributed by atoms with Crippen LogP contribution in [-0.4, -0.2) is 5.11 Å². The number of phenolic OH excluding ortho intramolecular Hbond substituents is 1. The van der Waals surface area contributed by atoms with E-state index in [4.69, 9.17) is 4.42 Å². The second kappa shape index (κ2) is 4.05. The molecule has 0 radical (unpaired) electrons. The number of hydrogen-bond donors (Lipinski definition) is 1. The maximum Gasteiger partial charge on any atom is 0.121 e. The molecular weight excluding hydrogens is 200 g/mol. The van der Waals surface area contributed by atoms with Crippen molar-refractivity contribution in [2.75, 3.05) is 0 Å². The van der Waals surface area contributed by atoms with Crippen molar-refractivity contribution in [3.05, 3.63) is 53.0 Å². The maximum atomic E-state index is 9.72. The normalized spacial score (nSPS) is 12.7. The molecule has 2 rings (SSSR count). The molecule has 0 spiro atoms. The van der Waals surface area contributed by atoms with Gasteiger partial charge in [0.2, 0.25) is 0 Å². The van der Waals surface area contributed by atoms with Gasteiger partial charge in [0, 0.05) is 5.92 Å². The Morgan fingerprint density at radius 3 is 2.31 bits per heavy atom. The molecule has 0 aliphatic rings. The molecule has 2 nitrogen and oxygen atoms in total. The SMILES string of the molecule is Cc1cc(C(C)c2ccco2)cc(C)c1O. The van der Waals surface area contributed by atoms with E-state index in [-0.39, 0.29) is 5.92 Å². The van der Waals surface area contributed by atoms with E-state index >= 15 is 0 Å². The van der Waals surface area contributed by atoms with Gasteiger partial charge in [-0.25, -0.2) is 0 Å². The second-order valence-corrected chi connectivity index (χ2v) is 4.24. The Morgan fingerprint density at radius 1 is 1.19 bits per heavy atom. The molecular formula is C14H16O2. The largest absolute Gasteiger partial charge is 0.507 e.